The van der Waals surface area contributed by atoms with Gasteiger partial charge in [-0.3, -0.25) is 4.79 Å². The number of nitrogens with one attached hydrogen (secondary N) is 1. The van der Waals surface area contributed by atoms with E-state index in [-0.39, 0.29) is 12.5 Å². The average Bonchev–Trinajstić information content (AvgIpc) is 2.83. The summed E-state index contributed by atoms with van der Waals surface area (Å²) in [6.07, 6.45) is -2.80. The first-order valence-corrected chi connectivity index (χ1v) is 10.6. The number of nitrogens with zero attached hydrogens (tertiary/aromatic N) is 4. The quantitative estimate of drug-likeness (QED) is 0.626. The van der Waals surface area contributed by atoms with Gasteiger partial charge in [-0.25, -0.2) is 9.97 Å². The smallest absolute Gasteiger partial charge is 0.366 e. The maximum atomic E-state index is 12.9. The molecule has 0 spiro atoms. The Kier molecular flexibility index (Phi) is 6.60. The molecule has 0 radical (unpaired) electrons. The number of likely N-dealkylation sites (N-methyl/N-ethyl adjacent to an activating group) is 1. The predicted octanol–water partition coefficient (Wildman–Crippen LogP) is 4.16. The first-order valence-electron chi connectivity index (χ1n) is 10.6. The summed E-state index contributed by atoms with van der Waals surface area (Å²) in [6.45, 7) is 3.33. The molecule has 2 aromatic carbocycles. The van der Waals surface area contributed by atoms with Gasteiger partial charge in [0.1, 0.15) is 5.82 Å². The number of piperazine rings is 1. The van der Waals surface area contributed by atoms with Crippen LogP contribution in [0.3, 0.4) is 0 Å². The van der Waals surface area contributed by atoms with Crippen LogP contribution in [-0.2, 0) is 12.7 Å². The van der Waals surface area contributed by atoms with Gasteiger partial charge in [0.25, 0.3) is 5.91 Å². The van der Waals surface area contributed by atoms with Crippen LogP contribution >= 0.6 is 0 Å². The van der Waals surface area contributed by atoms with Crippen LogP contribution in [0.4, 0.5) is 19.0 Å². The Bertz CT molecular complexity index is 1110. The molecule has 1 saturated heterocycles. The second-order valence-electron chi connectivity index (χ2n) is 7.99. The average molecular weight is 455 g/mol. The maximum absolute atomic E-state index is 12.9. The van der Waals surface area contributed by atoms with E-state index in [1.165, 1.54) is 6.07 Å². The Labute approximate surface area is 190 Å². The van der Waals surface area contributed by atoms with Crippen LogP contribution in [0.15, 0.2) is 60.8 Å². The van der Waals surface area contributed by atoms with Crippen molar-refractivity contribution in [3.8, 4) is 11.4 Å². The van der Waals surface area contributed by atoms with Crippen molar-refractivity contribution < 1.29 is 18.0 Å². The van der Waals surface area contributed by atoms with Crippen molar-refractivity contribution in [1.29, 1.82) is 0 Å². The van der Waals surface area contributed by atoms with E-state index in [1.54, 1.807) is 42.6 Å². The lowest BCUT2D eigenvalue weighted by Gasteiger charge is -2.32. The SMILES string of the molecule is CN1CCN(C(=O)c2ccc(-c3nccc(NCc4cccc(C(F)(F)F)c4)n3)cc2)CC1. The zero-order valence-electron chi connectivity index (χ0n) is 18.1. The number of carbonyl (C=O) groups is 1. The molecular formula is C24H24F3N5O. The van der Waals surface area contributed by atoms with Crippen LogP contribution in [-0.4, -0.2) is 58.9 Å². The largest absolute Gasteiger partial charge is 0.416 e. The fourth-order valence-corrected chi connectivity index (χ4v) is 3.60. The molecule has 0 bridgehead atoms. The van der Waals surface area contributed by atoms with E-state index in [1.807, 2.05) is 11.9 Å². The van der Waals surface area contributed by atoms with E-state index in [9.17, 15) is 18.0 Å². The lowest BCUT2D eigenvalue weighted by molar-refractivity contribution is -0.137. The minimum atomic E-state index is -4.38. The lowest BCUT2D eigenvalue weighted by atomic mass is 10.1. The molecule has 1 N–H and O–H groups in total. The van der Waals surface area contributed by atoms with Gasteiger partial charge in [-0.2, -0.15) is 13.2 Å². The lowest BCUT2D eigenvalue weighted by Crippen LogP contribution is -2.47. The van der Waals surface area contributed by atoms with Crippen molar-refractivity contribution in [1.82, 2.24) is 19.8 Å². The molecule has 6 nitrogen and oxygen atoms in total. The highest BCUT2D eigenvalue weighted by Crippen LogP contribution is 2.29. The minimum absolute atomic E-state index is 0.00655. The predicted molar refractivity (Wildman–Crippen MR) is 120 cm³/mol. The summed E-state index contributed by atoms with van der Waals surface area (Å²) in [5.74, 6) is 0.963. The van der Waals surface area contributed by atoms with Gasteiger partial charge in [0.2, 0.25) is 0 Å². The molecule has 1 fully saturated rings. The molecule has 0 atom stereocenters. The van der Waals surface area contributed by atoms with Crippen LogP contribution in [0.2, 0.25) is 0 Å². The summed E-state index contributed by atoms with van der Waals surface area (Å²) in [7, 11) is 2.04. The molecule has 4 rings (SSSR count). The topological polar surface area (TPSA) is 61.4 Å². The number of hydrogen-bond acceptors (Lipinski definition) is 5. The molecule has 1 aromatic heterocycles. The Morgan fingerprint density at radius 3 is 2.45 bits per heavy atom. The highest BCUT2D eigenvalue weighted by molar-refractivity contribution is 5.94. The van der Waals surface area contributed by atoms with Crippen LogP contribution < -0.4 is 5.32 Å². The Morgan fingerprint density at radius 1 is 1.03 bits per heavy atom. The maximum Gasteiger partial charge on any atom is 0.416 e. The molecule has 0 unspecified atom stereocenters. The van der Waals surface area contributed by atoms with Crippen molar-refractivity contribution in [3.63, 3.8) is 0 Å². The summed E-state index contributed by atoms with van der Waals surface area (Å²) in [5, 5.41) is 3.04. The normalized spacial score (nSPS) is 14.8. The molecule has 0 aliphatic carbocycles. The number of hydrogen-bond donors (Lipinski definition) is 1. The zero-order chi connectivity index (χ0) is 23.4. The van der Waals surface area contributed by atoms with Gasteiger partial charge in [0, 0.05) is 50.0 Å². The third-order valence-electron chi connectivity index (χ3n) is 5.56. The fraction of sp³-hybridized carbons (Fsp3) is 0.292. The van der Waals surface area contributed by atoms with Crippen molar-refractivity contribution in [2.75, 3.05) is 38.5 Å². The Hall–Kier alpha value is -3.46. The molecule has 172 valence electrons. The van der Waals surface area contributed by atoms with Crippen LogP contribution in [0, 0.1) is 0 Å². The van der Waals surface area contributed by atoms with E-state index in [0.29, 0.717) is 35.9 Å². The minimum Gasteiger partial charge on any atom is -0.366 e. The number of anilines is 1. The van der Waals surface area contributed by atoms with Gasteiger partial charge in [0.05, 0.1) is 5.56 Å². The number of benzene rings is 2. The number of alkyl halides is 3. The van der Waals surface area contributed by atoms with Crippen molar-refractivity contribution in [3.05, 3.63) is 77.5 Å². The van der Waals surface area contributed by atoms with Crippen LogP contribution in [0.5, 0.6) is 0 Å². The summed E-state index contributed by atoms with van der Waals surface area (Å²) in [4.78, 5) is 25.5. The van der Waals surface area contributed by atoms with Crippen molar-refractivity contribution >= 4 is 11.7 Å². The van der Waals surface area contributed by atoms with Crippen molar-refractivity contribution in [2.24, 2.45) is 0 Å². The number of aromatic nitrogens is 2. The standard InChI is InChI=1S/C24H24F3N5O/c1-31-11-13-32(14-12-31)23(33)19-7-5-18(6-8-19)22-28-10-9-21(30-22)29-16-17-3-2-4-20(15-17)24(25,26)27/h2-10,15H,11-14,16H2,1H3,(H,28,29,30). The first kappa shape index (κ1) is 22.7. The summed E-state index contributed by atoms with van der Waals surface area (Å²) < 4.78 is 38.7. The molecule has 3 aromatic rings. The van der Waals surface area contributed by atoms with Gasteiger partial charge in [-0.15, -0.1) is 0 Å². The van der Waals surface area contributed by atoms with E-state index >= 15 is 0 Å². The molecule has 0 saturated carbocycles. The highest BCUT2D eigenvalue weighted by Gasteiger charge is 2.30. The summed E-state index contributed by atoms with van der Waals surface area (Å²) in [5.41, 5.74) is 1.17. The second kappa shape index (κ2) is 9.58. The van der Waals surface area contributed by atoms with Crippen molar-refractivity contribution in [2.45, 2.75) is 12.7 Å². The molecule has 1 aliphatic heterocycles. The number of rotatable bonds is 5. The van der Waals surface area contributed by atoms with Gasteiger partial charge in [-0.1, -0.05) is 24.3 Å². The monoisotopic (exact) mass is 455 g/mol. The first-order chi connectivity index (χ1) is 15.8. The summed E-state index contributed by atoms with van der Waals surface area (Å²) >= 11 is 0. The van der Waals surface area contributed by atoms with E-state index < -0.39 is 11.7 Å². The molecule has 2 heterocycles. The molecule has 1 amide bonds. The van der Waals surface area contributed by atoms with E-state index in [0.717, 1.165) is 30.8 Å². The van der Waals surface area contributed by atoms with Gasteiger partial charge in [0.15, 0.2) is 5.82 Å². The molecular weight excluding hydrogens is 431 g/mol. The number of amides is 1. The fourth-order valence-electron chi connectivity index (χ4n) is 3.60. The van der Waals surface area contributed by atoms with Crippen LogP contribution in [0.25, 0.3) is 11.4 Å². The third-order valence-corrected chi connectivity index (χ3v) is 5.56. The Morgan fingerprint density at radius 2 is 1.76 bits per heavy atom. The van der Waals surface area contributed by atoms with Gasteiger partial charge >= 0.3 is 6.18 Å². The Balaban J connectivity index is 1.42. The third kappa shape index (κ3) is 5.67. The molecule has 1 aliphatic rings. The zero-order valence-corrected chi connectivity index (χ0v) is 18.1. The van der Waals surface area contributed by atoms with Crippen LogP contribution in [0.1, 0.15) is 21.5 Å². The molecule has 9 heteroatoms. The van der Waals surface area contributed by atoms with Gasteiger partial charge < -0.3 is 15.1 Å². The number of halogens is 3. The highest BCUT2D eigenvalue weighted by atomic mass is 19.4. The number of carbonyl (C=O) groups excluding carboxylic acids is 1. The van der Waals surface area contributed by atoms with E-state index in [2.05, 4.69) is 20.2 Å². The van der Waals surface area contributed by atoms with Gasteiger partial charge in [-0.05, 0) is 42.9 Å². The van der Waals surface area contributed by atoms with E-state index in [4.69, 9.17) is 0 Å². The molecule has 33 heavy (non-hydrogen) atoms. The summed E-state index contributed by atoms with van der Waals surface area (Å²) in [6, 6.07) is 14.0. The second-order valence-corrected chi connectivity index (χ2v) is 7.99.